The van der Waals surface area contributed by atoms with Crippen molar-refractivity contribution in [3.8, 4) is 11.5 Å². The zero-order valence-corrected chi connectivity index (χ0v) is 24.2. The van der Waals surface area contributed by atoms with Gasteiger partial charge < -0.3 is 14.8 Å². The SMILES string of the molecule is COc1ccc(NS(=O)(=O)c2ccc(NC(=O)C3CCN(S(=O)(=O)Cc4cccc(C)c4)CC3)cc2)c(OC)c1. The number of ether oxygens (including phenoxy) is 2. The predicted octanol–water partition coefficient (Wildman–Crippen LogP) is 3.99. The molecular weight excluding hydrogens is 554 g/mol. The highest BCUT2D eigenvalue weighted by molar-refractivity contribution is 7.92. The van der Waals surface area contributed by atoms with Crippen LogP contribution in [0, 0.1) is 12.8 Å². The molecule has 1 aliphatic heterocycles. The molecule has 12 heteroatoms. The molecule has 4 rings (SSSR count). The maximum absolute atomic E-state index is 12.9. The zero-order valence-electron chi connectivity index (χ0n) is 22.6. The fraction of sp³-hybridized carbons (Fsp3) is 0.321. The Morgan fingerprint density at radius 2 is 1.62 bits per heavy atom. The molecule has 0 radical (unpaired) electrons. The molecule has 0 atom stereocenters. The quantitative estimate of drug-likeness (QED) is 0.367. The van der Waals surface area contributed by atoms with E-state index in [1.54, 1.807) is 24.3 Å². The fourth-order valence-electron chi connectivity index (χ4n) is 4.55. The summed E-state index contributed by atoms with van der Waals surface area (Å²) in [6, 6.07) is 18.0. The van der Waals surface area contributed by atoms with Crippen LogP contribution in [0.25, 0.3) is 0 Å². The van der Waals surface area contributed by atoms with Crippen LogP contribution in [0.15, 0.2) is 71.6 Å². The number of carbonyl (C=O) groups is 1. The van der Waals surface area contributed by atoms with E-state index in [1.165, 1.54) is 42.8 Å². The highest BCUT2D eigenvalue weighted by Gasteiger charge is 2.31. The smallest absolute Gasteiger partial charge is 0.262 e. The van der Waals surface area contributed by atoms with E-state index >= 15 is 0 Å². The molecule has 2 N–H and O–H groups in total. The number of carbonyl (C=O) groups excluding carboxylic acids is 1. The summed E-state index contributed by atoms with van der Waals surface area (Å²) >= 11 is 0. The van der Waals surface area contributed by atoms with E-state index in [-0.39, 0.29) is 41.3 Å². The second kappa shape index (κ2) is 12.3. The Morgan fingerprint density at radius 1 is 0.925 bits per heavy atom. The topological polar surface area (TPSA) is 131 Å². The molecule has 0 aromatic heterocycles. The minimum Gasteiger partial charge on any atom is -0.497 e. The molecule has 1 heterocycles. The van der Waals surface area contributed by atoms with Crippen LogP contribution >= 0.6 is 0 Å². The lowest BCUT2D eigenvalue weighted by atomic mass is 9.97. The largest absolute Gasteiger partial charge is 0.497 e. The minimum absolute atomic E-state index is 0.00972. The van der Waals surface area contributed by atoms with Crippen LogP contribution in [-0.4, -0.2) is 54.4 Å². The molecule has 0 unspecified atom stereocenters. The Hall–Kier alpha value is -3.61. The van der Waals surface area contributed by atoms with Crippen LogP contribution in [0.5, 0.6) is 11.5 Å². The van der Waals surface area contributed by atoms with Gasteiger partial charge in [0.05, 0.1) is 30.6 Å². The molecule has 0 bridgehead atoms. The zero-order chi connectivity index (χ0) is 28.9. The van der Waals surface area contributed by atoms with E-state index in [0.717, 1.165) is 11.1 Å². The van der Waals surface area contributed by atoms with Crippen LogP contribution < -0.4 is 19.5 Å². The molecule has 1 amide bonds. The van der Waals surface area contributed by atoms with Gasteiger partial charge in [-0.3, -0.25) is 9.52 Å². The summed E-state index contributed by atoms with van der Waals surface area (Å²) in [6.45, 7) is 2.46. The highest BCUT2D eigenvalue weighted by Crippen LogP contribution is 2.31. The van der Waals surface area contributed by atoms with E-state index in [2.05, 4.69) is 10.0 Å². The standard InChI is InChI=1S/C28H33N3O7S2/c1-20-5-4-6-21(17-20)19-39(33,34)31-15-13-22(14-16-31)28(32)29-23-7-10-25(11-8-23)40(35,36)30-26-12-9-24(37-2)18-27(26)38-3/h4-12,17-18,22,30H,13-16,19H2,1-3H3,(H,29,32). The third-order valence-corrected chi connectivity index (χ3v) is 9.97. The Balaban J connectivity index is 1.33. The van der Waals surface area contributed by atoms with Gasteiger partial charge in [-0.1, -0.05) is 29.8 Å². The first-order valence-corrected chi connectivity index (χ1v) is 15.8. The van der Waals surface area contributed by atoms with E-state index in [1.807, 2.05) is 25.1 Å². The van der Waals surface area contributed by atoms with Crippen molar-refractivity contribution in [2.75, 3.05) is 37.3 Å². The molecule has 0 spiro atoms. The molecule has 0 saturated carbocycles. The van der Waals surface area contributed by atoms with Crippen LogP contribution in [0.2, 0.25) is 0 Å². The lowest BCUT2D eigenvalue weighted by molar-refractivity contribution is -0.120. The van der Waals surface area contributed by atoms with Crippen LogP contribution in [0.4, 0.5) is 11.4 Å². The number of amides is 1. The van der Waals surface area contributed by atoms with E-state index < -0.39 is 20.0 Å². The van der Waals surface area contributed by atoms with Crippen molar-refractivity contribution in [2.24, 2.45) is 5.92 Å². The van der Waals surface area contributed by atoms with Gasteiger partial charge in [0.15, 0.2) is 0 Å². The van der Waals surface area contributed by atoms with Gasteiger partial charge in [-0.25, -0.2) is 21.1 Å². The highest BCUT2D eigenvalue weighted by atomic mass is 32.2. The first-order chi connectivity index (χ1) is 19.0. The van der Waals surface area contributed by atoms with Crippen LogP contribution in [-0.2, 0) is 30.6 Å². The lowest BCUT2D eigenvalue weighted by Gasteiger charge is -2.30. The summed E-state index contributed by atoms with van der Waals surface area (Å²) in [5, 5.41) is 2.81. The third kappa shape index (κ3) is 7.12. The van der Waals surface area contributed by atoms with Crippen molar-refractivity contribution in [1.82, 2.24) is 4.31 Å². The summed E-state index contributed by atoms with van der Waals surface area (Å²) in [4.78, 5) is 12.9. The third-order valence-electron chi connectivity index (χ3n) is 6.73. The maximum atomic E-state index is 12.9. The van der Waals surface area contributed by atoms with Crippen LogP contribution in [0.1, 0.15) is 24.0 Å². The number of aryl methyl sites for hydroxylation is 1. The molecule has 1 fully saturated rings. The number of nitrogens with one attached hydrogen (secondary N) is 2. The molecule has 214 valence electrons. The van der Waals surface area contributed by atoms with Gasteiger partial charge in [0.25, 0.3) is 10.0 Å². The predicted molar refractivity (Wildman–Crippen MR) is 154 cm³/mol. The van der Waals surface area contributed by atoms with Crippen molar-refractivity contribution in [3.05, 3.63) is 77.9 Å². The first-order valence-electron chi connectivity index (χ1n) is 12.7. The second-order valence-electron chi connectivity index (χ2n) is 9.60. The number of benzene rings is 3. The van der Waals surface area contributed by atoms with Gasteiger partial charge >= 0.3 is 0 Å². The monoisotopic (exact) mass is 587 g/mol. The molecule has 1 saturated heterocycles. The number of anilines is 2. The van der Waals surface area contributed by atoms with Crippen molar-refractivity contribution in [1.29, 1.82) is 0 Å². The summed E-state index contributed by atoms with van der Waals surface area (Å²) in [7, 11) is -4.48. The molecule has 10 nitrogen and oxygen atoms in total. The summed E-state index contributed by atoms with van der Waals surface area (Å²) < 4.78 is 65.9. The van der Waals surface area contributed by atoms with E-state index in [9.17, 15) is 21.6 Å². The number of nitrogens with zero attached hydrogens (tertiary/aromatic N) is 1. The van der Waals surface area contributed by atoms with Gasteiger partial charge in [0, 0.05) is 30.8 Å². The number of piperidine rings is 1. The number of rotatable bonds is 10. The summed E-state index contributed by atoms with van der Waals surface area (Å²) in [5.41, 5.74) is 2.44. The Labute approximate surface area is 235 Å². The molecule has 1 aliphatic rings. The fourth-order valence-corrected chi connectivity index (χ4v) is 7.17. The number of hydrogen-bond acceptors (Lipinski definition) is 7. The van der Waals surface area contributed by atoms with E-state index in [0.29, 0.717) is 30.0 Å². The first kappa shape index (κ1) is 29.4. The summed E-state index contributed by atoms with van der Waals surface area (Å²) in [5.74, 6) is 0.182. The Kier molecular flexibility index (Phi) is 9.02. The lowest BCUT2D eigenvalue weighted by Crippen LogP contribution is -2.41. The van der Waals surface area contributed by atoms with Gasteiger partial charge in [0.2, 0.25) is 15.9 Å². The maximum Gasteiger partial charge on any atom is 0.262 e. The average Bonchev–Trinajstić information content (AvgIpc) is 2.93. The average molecular weight is 588 g/mol. The van der Waals surface area contributed by atoms with Gasteiger partial charge in [-0.05, 0) is 61.7 Å². The van der Waals surface area contributed by atoms with Crippen molar-refractivity contribution >= 4 is 37.3 Å². The minimum atomic E-state index is -3.92. The van der Waals surface area contributed by atoms with Crippen molar-refractivity contribution < 1.29 is 31.1 Å². The Morgan fingerprint density at radius 3 is 2.25 bits per heavy atom. The second-order valence-corrected chi connectivity index (χ2v) is 13.3. The van der Waals surface area contributed by atoms with Gasteiger partial charge in [0.1, 0.15) is 11.5 Å². The van der Waals surface area contributed by atoms with Gasteiger partial charge in [-0.15, -0.1) is 0 Å². The summed E-state index contributed by atoms with van der Waals surface area (Å²) in [6.07, 6.45) is 0.803. The van der Waals surface area contributed by atoms with Gasteiger partial charge in [-0.2, -0.15) is 0 Å². The van der Waals surface area contributed by atoms with Crippen LogP contribution in [0.3, 0.4) is 0 Å². The van der Waals surface area contributed by atoms with Crippen molar-refractivity contribution in [2.45, 2.75) is 30.4 Å². The molecule has 0 aliphatic carbocycles. The number of sulfonamides is 2. The number of methoxy groups -OCH3 is 2. The van der Waals surface area contributed by atoms with E-state index in [4.69, 9.17) is 9.47 Å². The Bertz CT molecular complexity index is 1570. The normalized spacial score (nSPS) is 14.9. The molecule has 3 aromatic carbocycles. The molecular formula is C28H33N3O7S2. The molecule has 3 aromatic rings. The molecule has 40 heavy (non-hydrogen) atoms. The van der Waals surface area contributed by atoms with Crippen molar-refractivity contribution in [3.63, 3.8) is 0 Å². The number of hydrogen-bond donors (Lipinski definition) is 2.